The average molecular weight is 340 g/mol. The van der Waals surface area contributed by atoms with Crippen LogP contribution in [0.3, 0.4) is 0 Å². The summed E-state index contributed by atoms with van der Waals surface area (Å²) in [7, 11) is 0. The molecule has 0 unspecified atom stereocenters. The molecule has 0 radical (unpaired) electrons. The molecule has 1 heterocycles. The molecule has 0 fully saturated rings. The Morgan fingerprint density at radius 1 is 1.28 bits per heavy atom. The van der Waals surface area contributed by atoms with Crippen LogP contribution in [-0.2, 0) is 11.5 Å². The third-order valence-electron chi connectivity index (χ3n) is 3.58. The smallest absolute Gasteiger partial charge is 0.339 e. The first-order valence-corrected chi connectivity index (χ1v) is 7.22. The molecule has 0 N–H and O–H groups in total. The molecule has 3 aromatic rings. The summed E-state index contributed by atoms with van der Waals surface area (Å²) in [6.07, 6.45) is 0. The Balaban J connectivity index is 1.79. The summed E-state index contributed by atoms with van der Waals surface area (Å²) in [4.78, 5) is 34.6. The summed E-state index contributed by atoms with van der Waals surface area (Å²) in [5.74, 6) is -0.722. The maximum Gasteiger partial charge on any atom is 0.339 e. The van der Waals surface area contributed by atoms with Crippen LogP contribution in [0.25, 0.3) is 10.9 Å². The van der Waals surface area contributed by atoms with Gasteiger partial charge in [0.1, 0.15) is 5.52 Å². The number of esters is 1. The lowest BCUT2D eigenvalue weighted by Crippen LogP contribution is -2.26. The van der Waals surface area contributed by atoms with Crippen LogP contribution in [0.1, 0.15) is 15.9 Å². The van der Waals surface area contributed by atoms with Crippen molar-refractivity contribution in [1.29, 1.82) is 0 Å². The van der Waals surface area contributed by atoms with Gasteiger partial charge in [-0.25, -0.2) is 4.79 Å². The number of nitrogens with zero attached hydrogens (tertiary/aromatic N) is 4. The van der Waals surface area contributed by atoms with Crippen molar-refractivity contribution in [3.8, 4) is 0 Å². The topological polar surface area (TPSA) is 117 Å². The number of aryl methyl sites for hydroxylation is 1. The number of fused-ring (bicyclic) bond motifs is 1. The Morgan fingerprint density at radius 3 is 2.76 bits per heavy atom. The maximum absolute atomic E-state index is 12.2. The molecule has 9 nitrogen and oxygen atoms in total. The van der Waals surface area contributed by atoms with Crippen LogP contribution in [-0.4, -0.2) is 25.9 Å². The lowest BCUT2D eigenvalue weighted by Gasteiger charge is -2.07. The van der Waals surface area contributed by atoms with E-state index in [1.54, 1.807) is 24.3 Å². The number of nitro groups is 1. The van der Waals surface area contributed by atoms with Gasteiger partial charge in [-0.05, 0) is 31.2 Å². The van der Waals surface area contributed by atoms with E-state index in [1.807, 2.05) is 0 Å². The minimum Gasteiger partial charge on any atom is -0.439 e. The van der Waals surface area contributed by atoms with E-state index in [4.69, 9.17) is 4.74 Å². The molecule has 0 aliphatic carbocycles. The van der Waals surface area contributed by atoms with E-state index in [2.05, 4.69) is 10.3 Å². The molecule has 0 bridgehead atoms. The lowest BCUT2D eigenvalue weighted by atomic mass is 10.1. The van der Waals surface area contributed by atoms with Crippen molar-refractivity contribution < 1.29 is 14.5 Å². The molecule has 126 valence electrons. The Bertz CT molecular complexity index is 1040. The standard InChI is InChI=1S/C16H12N4O5/c1-10-8-11(6-7-14(10)20(23)24)16(22)25-9-19-15(21)12-4-2-3-5-13(12)17-18-19/h2-8H,9H2,1H3. The first-order valence-electron chi connectivity index (χ1n) is 7.22. The van der Waals surface area contributed by atoms with E-state index in [-0.39, 0.29) is 11.3 Å². The van der Waals surface area contributed by atoms with E-state index in [9.17, 15) is 19.7 Å². The van der Waals surface area contributed by atoms with E-state index >= 15 is 0 Å². The quantitative estimate of drug-likeness (QED) is 0.404. The van der Waals surface area contributed by atoms with Gasteiger partial charge < -0.3 is 4.74 Å². The highest BCUT2D eigenvalue weighted by atomic mass is 16.6. The van der Waals surface area contributed by atoms with Crippen molar-refractivity contribution in [1.82, 2.24) is 15.0 Å². The lowest BCUT2D eigenvalue weighted by molar-refractivity contribution is -0.385. The number of rotatable bonds is 4. The van der Waals surface area contributed by atoms with Crippen LogP contribution in [0.2, 0.25) is 0 Å². The SMILES string of the molecule is Cc1cc(C(=O)OCn2nnc3ccccc3c2=O)ccc1[N+](=O)[O-]. The maximum atomic E-state index is 12.2. The van der Waals surface area contributed by atoms with Gasteiger partial charge in [-0.1, -0.05) is 17.3 Å². The number of ether oxygens (including phenoxy) is 1. The van der Waals surface area contributed by atoms with Gasteiger partial charge in [-0.15, -0.1) is 5.10 Å². The monoisotopic (exact) mass is 340 g/mol. The number of aromatic nitrogens is 3. The van der Waals surface area contributed by atoms with Gasteiger partial charge in [0.2, 0.25) is 0 Å². The average Bonchev–Trinajstić information content (AvgIpc) is 2.60. The van der Waals surface area contributed by atoms with Crippen molar-refractivity contribution in [2.75, 3.05) is 0 Å². The summed E-state index contributed by atoms with van der Waals surface area (Å²) < 4.78 is 5.98. The second-order valence-corrected chi connectivity index (χ2v) is 5.23. The van der Waals surface area contributed by atoms with E-state index < -0.39 is 23.2 Å². The van der Waals surface area contributed by atoms with Crippen LogP contribution in [0.5, 0.6) is 0 Å². The molecule has 0 amide bonds. The minimum absolute atomic E-state index is 0.0897. The highest BCUT2D eigenvalue weighted by molar-refractivity contribution is 5.90. The molecule has 9 heteroatoms. The first kappa shape index (κ1) is 16.2. The molecule has 0 saturated carbocycles. The zero-order valence-electron chi connectivity index (χ0n) is 13.1. The largest absolute Gasteiger partial charge is 0.439 e. The number of hydrogen-bond acceptors (Lipinski definition) is 7. The molecule has 25 heavy (non-hydrogen) atoms. The number of hydrogen-bond donors (Lipinski definition) is 0. The van der Waals surface area contributed by atoms with Gasteiger partial charge in [0, 0.05) is 11.6 Å². The number of benzene rings is 2. The van der Waals surface area contributed by atoms with E-state index in [1.165, 1.54) is 25.1 Å². The number of carbonyl (C=O) groups excluding carboxylic acids is 1. The fourth-order valence-corrected chi connectivity index (χ4v) is 2.30. The normalized spacial score (nSPS) is 10.6. The Morgan fingerprint density at radius 2 is 2.04 bits per heavy atom. The van der Waals surface area contributed by atoms with Gasteiger partial charge >= 0.3 is 5.97 Å². The molecule has 3 rings (SSSR count). The van der Waals surface area contributed by atoms with Crippen molar-refractivity contribution in [3.05, 3.63) is 74.1 Å². The molecule has 0 aliphatic heterocycles. The summed E-state index contributed by atoms with van der Waals surface area (Å²) in [5, 5.41) is 18.8. The van der Waals surface area contributed by atoms with Crippen LogP contribution in [0, 0.1) is 17.0 Å². The molecular formula is C16H12N4O5. The molecule has 2 aromatic carbocycles. The molecule has 0 atom stereocenters. The molecular weight excluding hydrogens is 328 g/mol. The third kappa shape index (κ3) is 3.20. The van der Waals surface area contributed by atoms with Gasteiger partial charge in [0.25, 0.3) is 11.2 Å². The van der Waals surface area contributed by atoms with Crippen LogP contribution in [0.4, 0.5) is 5.69 Å². The Hall–Kier alpha value is -3.62. The second-order valence-electron chi connectivity index (χ2n) is 5.23. The zero-order chi connectivity index (χ0) is 18.0. The summed E-state index contributed by atoms with van der Waals surface area (Å²) in [6, 6.07) is 10.6. The van der Waals surface area contributed by atoms with E-state index in [0.29, 0.717) is 16.5 Å². The fraction of sp³-hybridized carbons (Fsp3) is 0.125. The summed E-state index contributed by atoms with van der Waals surface area (Å²) in [5.41, 5.74) is 0.402. The molecule has 0 saturated heterocycles. The number of nitro benzene ring substituents is 1. The zero-order valence-corrected chi connectivity index (χ0v) is 13.1. The van der Waals surface area contributed by atoms with E-state index in [0.717, 1.165) is 4.68 Å². The summed E-state index contributed by atoms with van der Waals surface area (Å²) in [6.45, 7) is 1.11. The molecule has 1 aromatic heterocycles. The predicted molar refractivity (Wildman–Crippen MR) is 87.0 cm³/mol. The van der Waals surface area contributed by atoms with Crippen molar-refractivity contribution >= 4 is 22.6 Å². The van der Waals surface area contributed by atoms with Crippen LogP contribution < -0.4 is 5.56 Å². The Labute approximate surface area is 140 Å². The Kier molecular flexibility index (Phi) is 4.21. The fourth-order valence-electron chi connectivity index (χ4n) is 2.30. The third-order valence-corrected chi connectivity index (χ3v) is 3.58. The van der Waals surface area contributed by atoms with Crippen molar-refractivity contribution in [2.45, 2.75) is 13.7 Å². The van der Waals surface area contributed by atoms with Gasteiger partial charge in [0.15, 0.2) is 6.73 Å². The highest BCUT2D eigenvalue weighted by Gasteiger charge is 2.15. The highest BCUT2D eigenvalue weighted by Crippen LogP contribution is 2.19. The second kappa shape index (κ2) is 6.48. The van der Waals surface area contributed by atoms with Crippen LogP contribution in [0.15, 0.2) is 47.3 Å². The molecule has 0 spiro atoms. The first-order chi connectivity index (χ1) is 12.0. The number of carbonyl (C=O) groups is 1. The predicted octanol–water partition coefficient (Wildman–Crippen LogP) is 1.82. The van der Waals surface area contributed by atoms with Gasteiger partial charge in [-0.2, -0.15) is 4.68 Å². The molecule has 0 aliphatic rings. The van der Waals surface area contributed by atoms with Gasteiger partial charge in [-0.3, -0.25) is 14.9 Å². The minimum atomic E-state index is -0.722. The van der Waals surface area contributed by atoms with Crippen molar-refractivity contribution in [2.24, 2.45) is 0 Å². The van der Waals surface area contributed by atoms with Crippen LogP contribution >= 0.6 is 0 Å². The van der Waals surface area contributed by atoms with Crippen molar-refractivity contribution in [3.63, 3.8) is 0 Å². The van der Waals surface area contributed by atoms with Gasteiger partial charge in [0.05, 0.1) is 15.9 Å². The summed E-state index contributed by atoms with van der Waals surface area (Å²) >= 11 is 0.